The molecule has 1 saturated carbocycles. The van der Waals surface area contributed by atoms with E-state index in [1.54, 1.807) is 0 Å². The summed E-state index contributed by atoms with van der Waals surface area (Å²) in [5.41, 5.74) is 0. The van der Waals surface area contributed by atoms with Gasteiger partial charge in [0.05, 0.1) is 6.10 Å². The maximum absolute atomic E-state index is 12.4. The van der Waals surface area contributed by atoms with Gasteiger partial charge in [0.1, 0.15) is 0 Å². The lowest BCUT2D eigenvalue weighted by Crippen LogP contribution is -2.33. The molecule has 4 unspecified atom stereocenters. The van der Waals surface area contributed by atoms with Gasteiger partial charge in [0, 0.05) is 5.30 Å². The molecule has 0 spiro atoms. The van der Waals surface area contributed by atoms with Crippen LogP contribution in [0, 0.1) is 17.8 Å². The molecule has 3 heteroatoms. The van der Waals surface area contributed by atoms with Crippen molar-refractivity contribution >= 4 is 13.3 Å². The van der Waals surface area contributed by atoms with Crippen molar-refractivity contribution in [3.8, 4) is 0 Å². The highest BCUT2D eigenvalue weighted by Crippen LogP contribution is 2.39. The Morgan fingerprint density at radius 2 is 1.89 bits per heavy atom. The van der Waals surface area contributed by atoms with Crippen LogP contribution < -0.4 is 5.30 Å². The zero-order valence-corrected chi connectivity index (χ0v) is 13.1. The summed E-state index contributed by atoms with van der Waals surface area (Å²) in [4.78, 5) is 0. The minimum absolute atomic E-state index is 0.162. The Labute approximate surface area is 117 Å². The molecule has 0 aliphatic heterocycles. The summed E-state index contributed by atoms with van der Waals surface area (Å²) in [5.74, 6) is 1.84. The van der Waals surface area contributed by atoms with Crippen LogP contribution in [0.3, 0.4) is 0 Å². The standard InChI is InChI=1S/C16H25O2P/c1-12(2)15-10-9-13(3)11-16(15)18-19(17)14-7-5-4-6-8-14/h4-8,12-13,15-16,19H,9-11H2,1-3H3. The van der Waals surface area contributed by atoms with Crippen molar-refractivity contribution in [3.05, 3.63) is 30.3 Å². The fourth-order valence-corrected chi connectivity index (χ4v) is 4.18. The van der Waals surface area contributed by atoms with Gasteiger partial charge < -0.3 is 4.52 Å². The molecule has 2 nitrogen and oxygen atoms in total. The Balaban J connectivity index is 2.04. The highest BCUT2D eigenvalue weighted by atomic mass is 31.1. The van der Waals surface area contributed by atoms with E-state index in [1.165, 1.54) is 12.8 Å². The highest BCUT2D eigenvalue weighted by Gasteiger charge is 2.32. The first kappa shape index (κ1) is 14.8. The predicted octanol–water partition coefficient (Wildman–Crippen LogP) is 4.26. The molecule has 1 fully saturated rings. The van der Waals surface area contributed by atoms with Crippen LogP contribution in [0.25, 0.3) is 0 Å². The van der Waals surface area contributed by atoms with Crippen LogP contribution in [0.15, 0.2) is 30.3 Å². The summed E-state index contributed by atoms with van der Waals surface area (Å²) in [5, 5.41) is 0.841. The largest absolute Gasteiger partial charge is 0.324 e. The van der Waals surface area contributed by atoms with Gasteiger partial charge in [-0.05, 0) is 42.7 Å². The summed E-state index contributed by atoms with van der Waals surface area (Å²) in [7, 11) is -2.10. The number of rotatable bonds is 4. The van der Waals surface area contributed by atoms with E-state index in [1.807, 2.05) is 30.3 Å². The van der Waals surface area contributed by atoms with Crippen molar-refractivity contribution in [2.45, 2.75) is 46.1 Å². The molecule has 106 valence electrons. The SMILES string of the molecule is CC1CCC(C(C)C)C(O[PH](=O)c2ccccc2)C1. The third-order valence-corrected chi connectivity index (χ3v) is 5.55. The average Bonchev–Trinajstić information content (AvgIpc) is 2.39. The van der Waals surface area contributed by atoms with E-state index in [0.29, 0.717) is 17.8 Å². The van der Waals surface area contributed by atoms with Crippen molar-refractivity contribution in [3.63, 3.8) is 0 Å². The van der Waals surface area contributed by atoms with E-state index < -0.39 is 8.03 Å². The van der Waals surface area contributed by atoms with E-state index in [-0.39, 0.29) is 6.10 Å². The van der Waals surface area contributed by atoms with Crippen LogP contribution in [0.1, 0.15) is 40.0 Å². The minimum atomic E-state index is -2.10. The minimum Gasteiger partial charge on any atom is -0.324 e. The molecular formula is C16H25O2P. The van der Waals surface area contributed by atoms with Crippen LogP contribution in [0.4, 0.5) is 0 Å². The van der Waals surface area contributed by atoms with Crippen molar-refractivity contribution < 1.29 is 9.09 Å². The molecule has 1 aromatic carbocycles. The monoisotopic (exact) mass is 280 g/mol. The Hall–Kier alpha value is -0.590. The predicted molar refractivity (Wildman–Crippen MR) is 81.3 cm³/mol. The molecule has 19 heavy (non-hydrogen) atoms. The van der Waals surface area contributed by atoms with Crippen LogP contribution in [-0.4, -0.2) is 6.10 Å². The molecule has 1 aliphatic rings. The molecule has 1 aromatic rings. The Kier molecular flexibility index (Phi) is 5.24. The first-order valence-corrected chi connectivity index (χ1v) is 8.65. The number of benzene rings is 1. The zero-order chi connectivity index (χ0) is 13.8. The zero-order valence-electron chi connectivity index (χ0n) is 12.1. The molecule has 0 aromatic heterocycles. The first-order valence-electron chi connectivity index (χ1n) is 7.34. The molecule has 0 amide bonds. The lowest BCUT2D eigenvalue weighted by Gasteiger charge is -2.36. The second kappa shape index (κ2) is 6.72. The Morgan fingerprint density at radius 1 is 1.21 bits per heavy atom. The molecule has 1 aliphatic carbocycles. The molecule has 0 radical (unpaired) electrons. The van der Waals surface area contributed by atoms with Gasteiger partial charge >= 0.3 is 0 Å². The van der Waals surface area contributed by atoms with Gasteiger partial charge in [-0.1, -0.05) is 45.4 Å². The summed E-state index contributed by atoms with van der Waals surface area (Å²) >= 11 is 0. The average molecular weight is 280 g/mol. The van der Waals surface area contributed by atoms with E-state index in [0.717, 1.165) is 11.7 Å². The van der Waals surface area contributed by atoms with Gasteiger partial charge in [0.2, 0.25) is 8.03 Å². The van der Waals surface area contributed by atoms with Crippen molar-refractivity contribution in [2.24, 2.45) is 17.8 Å². The van der Waals surface area contributed by atoms with E-state index in [4.69, 9.17) is 4.52 Å². The van der Waals surface area contributed by atoms with Crippen LogP contribution in [-0.2, 0) is 9.09 Å². The van der Waals surface area contributed by atoms with Crippen molar-refractivity contribution in [1.29, 1.82) is 0 Å². The van der Waals surface area contributed by atoms with E-state index in [2.05, 4.69) is 20.8 Å². The molecule has 4 atom stereocenters. The van der Waals surface area contributed by atoms with Crippen LogP contribution in [0.5, 0.6) is 0 Å². The Morgan fingerprint density at radius 3 is 2.53 bits per heavy atom. The first-order chi connectivity index (χ1) is 9.08. The Bertz CT molecular complexity index is 416. The van der Waals surface area contributed by atoms with Gasteiger partial charge in [-0.15, -0.1) is 0 Å². The summed E-state index contributed by atoms with van der Waals surface area (Å²) < 4.78 is 18.3. The van der Waals surface area contributed by atoms with Gasteiger partial charge in [-0.2, -0.15) is 0 Å². The normalized spacial score (nSPS) is 29.4. The molecule has 0 heterocycles. The third-order valence-electron chi connectivity index (χ3n) is 4.23. The topological polar surface area (TPSA) is 26.3 Å². The van der Waals surface area contributed by atoms with Gasteiger partial charge in [0.25, 0.3) is 0 Å². The fourth-order valence-electron chi connectivity index (χ4n) is 3.03. The quantitative estimate of drug-likeness (QED) is 0.770. The maximum Gasteiger partial charge on any atom is 0.220 e. The summed E-state index contributed by atoms with van der Waals surface area (Å²) in [6.07, 6.45) is 3.68. The van der Waals surface area contributed by atoms with Crippen molar-refractivity contribution in [1.82, 2.24) is 0 Å². The maximum atomic E-state index is 12.4. The second-order valence-corrected chi connectivity index (χ2v) is 7.52. The lowest BCUT2D eigenvalue weighted by atomic mass is 9.75. The molecular weight excluding hydrogens is 255 g/mol. The summed E-state index contributed by atoms with van der Waals surface area (Å²) in [6.45, 7) is 6.76. The highest BCUT2D eigenvalue weighted by molar-refractivity contribution is 7.48. The number of hydrogen-bond donors (Lipinski definition) is 0. The van der Waals surface area contributed by atoms with Crippen molar-refractivity contribution in [2.75, 3.05) is 0 Å². The summed E-state index contributed by atoms with van der Waals surface area (Å²) in [6, 6.07) is 9.59. The second-order valence-electron chi connectivity index (χ2n) is 6.14. The number of hydrogen-bond acceptors (Lipinski definition) is 2. The molecule has 0 N–H and O–H groups in total. The van der Waals surface area contributed by atoms with Gasteiger partial charge in [0.15, 0.2) is 0 Å². The van der Waals surface area contributed by atoms with E-state index >= 15 is 0 Å². The van der Waals surface area contributed by atoms with Crippen LogP contribution in [0.2, 0.25) is 0 Å². The van der Waals surface area contributed by atoms with Gasteiger partial charge in [-0.25, -0.2) is 0 Å². The van der Waals surface area contributed by atoms with E-state index in [9.17, 15) is 4.57 Å². The third kappa shape index (κ3) is 3.94. The fraction of sp³-hybridized carbons (Fsp3) is 0.625. The lowest BCUT2D eigenvalue weighted by molar-refractivity contribution is 0.0538. The molecule has 2 rings (SSSR count). The molecule has 0 bridgehead atoms. The van der Waals surface area contributed by atoms with Crippen LogP contribution >= 0.6 is 8.03 Å². The van der Waals surface area contributed by atoms with Gasteiger partial charge in [-0.3, -0.25) is 4.57 Å². The smallest absolute Gasteiger partial charge is 0.220 e. The molecule has 0 saturated heterocycles.